The van der Waals surface area contributed by atoms with E-state index in [0.717, 1.165) is 27.9 Å². The predicted octanol–water partition coefficient (Wildman–Crippen LogP) is 6.88. The van der Waals surface area contributed by atoms with Crippen molar-refractivity contribution in [3.8, 4) is 0 Å². The molecule has 5 heteroatoms. The van der Waals surface area contributed by atoms with Crippen LogP contribution in [0.4, 0.5) is 15.3 Å². The van der Waals surface area contributed by atoms with Gasteiger partial charge in [0, 0.05) is 18.8 Å². The monoisotopic (exact) mass is 443 g/mol. The molecule has 172 valence electrons. The molecule has 0 atom stereocenters. The summed E-state index contributed by atoms with van der Waals surface area (Å²) in [6, 6.07) is 24.6. The Kier molecular flexibility index (Phi) is 8.25. The Balaban J connectivity index is 1.78. The number of urea groups is 2. The van der Waals surface area contributed by atoms with Crippen LogP contribution in [0.3, 0.4) is 0 Å². The first-order chi connectivity index (χ1) is 15.8. The van der Waals surface area contributed by atoms with E-state index >= 15 is 0 Å². The van der Waals surface area contributed by atoms with E-state index in [4.69, 9.17) is 0 Å². The second-order valence-corrected chi connectivity index (χ2v) is 8.83. The van der Waals surface area contributed by atoms with Crippen LogP contribution < -0.4 is 10.6 Å². The largest absolute Gasteiger partial charge is 0.327 e. The summed E-state index contributed by atoms with van der Waals surface area (Å²) in [5.74, 6) is 0.477. The van der Waals surface area contributed by atoms with Crippen molar-refractivity contribution in [1.29, 1.82) is 0 Å². The van der Waals surface area contributed by atoms with Gasteiger partial charge >= 0.3 is 12.1 Å². The number of carbonyl (C=O) groups excluding carboxylic acids is 2. The fraction of sp³-hybridized carbons (Fsp3) is 0.286. The Bertz CT molecular complexity index is 995. The smallest absolute Gasteiger partial charge is 0.316 e. The van der Waals surface area contributed by atoms with Crippen molar-refractivity contribution in [3.63, 3.8) is 0 Å². The lowest BCUT2D eigenvalue weighted by Gasteiger charge is -2.24. The highest BCUT2D eigenvalue weighted by Gasteiger charge is 2.20. The summed E-state index contributed by atoms with van der Waals surface area (Å²) in [5.41, 5.74) is 4.88. The molecule has 0 radical (unpaired) electrons. The van der Waals surface area contributed by atoms with Crippen molar-refractivity contribution in [1.82, 2.24) is 10.2 Å². The van der Waals surface area contributed by atoms with E-state index in [-0.39, 0.29) is 11.8 Å². The van der Waals surface area contributed by atoms with Crippen molar-refractivity contribution < 1.29 is 9.59 Å². The Labute approximate surface area is 196 Å². The number of anilines is 1. The molecule has 5 nitrogen and oxygen atoms in total. The fourth-order valence-corrected chi connectivity index (χ4v) is 3.82. The maximum absolute atomic E-state index is 13.1. The number of hydrogen-bond acceptors (Lipinski definition) is 2. The number of carbonyl (C=O) groups is 2. The summed E-state index contributed by atoms with van der Waals surface area (Å²) in [7, 11) is 0. The number of hydrogen-bond donors (Lipinski definition) is 2. The molecule has 0 aliphatic carbocycles. The highest BCUT2D eigenvalue weighted by atomic mass is 16.2. The average molecular weight is 444 g/mol. The van der Waals surface area contributed by atoms with E-state index in [1.807, 2.05) is 78.9 Å². The van der Waals surface area contributed by atoms with E-state index in [0.29, 0.717) is 13.1 Å². The van der Waals surface area contributed by atoms with Gasteiger partial charge in [0.05, 0.1) is 0 Å². The molecule has 0 bridgehead atoms. The van der Waals surface area contributed by atoms with Crippen molar-refractivity contribution in [2.75, 3.05) is 5.32 Å². The van der Waals surface area contributed by atoms with Gasteiger partial charge in [-0.15, -0.1) is 0 Å². The van der Waals surface area contributed by atoms with Crippen LogP contribution in [-0.4, -0.2) is 17.0 Å². The van der Waals surface area contributed by atoms with Gasteiger partial charge in [0.2, 0.25) is 0 Å². The SMILES string of the molecule is CC(C)c1cccc(C(C)C)c1NC(=O)NC(=O)N(Cc1ccccc1)Cc1ccccc1. The van der Waals surface area contributed by atoms with Crippen LogP contribution in [0, 0.1) is 0 Å². The van der Waals surface area contributed by atoms with Crippen molar-refractivity contribution >= 4 is 17.7 Å². The third-order valence-electron chi connectivity index (χ3n) is 5.55. The summed E-state index contributed by atoms with van der Waals surface area (Å²) >= 11 is 0. The molecule has 0 saturated heterocycles. The number of amides is 4. The van der Waals surface area contributed by atoms with Crippen LogP contribution in [0.25, 0.3) is 0 Å². The van der Waals surface area contributed by atoms with E-state index in [2.05, 4.69) is 38.3 Å². The Morgan fingerprint density at radius 1 is 0.697 bits per heavy atom. The number of rotatable bonds is 7. The molecule has 3 rings (SSSR count). The zero-order chi connectivity index (χ0) is 23.8. The molecular formula is C28H33N3O2. The minimum atomic E-state index is -0.527. The number of nitrogens with zero attached hydrogens (tertiary/aromatic N) is 1. The normalized spacial score (nSPS) is 10.8. The summed E-state index contributed by atoms with van der Waals surface area (Å²) in [5, 5.41) is 5.50. The van der Waals surface area contributed by atoms with Crippen LogP contribution >= 0.6 is 0 Å². The molecule has 4 amide bonds. The lowest BCUT2D eigenvalue weighted by atomic mass is 9.93. The molecule has 0 aromatic heterocycles. The maximum Gasteiger partial charge on any atom is 0.327 e. The Morgan fingerprint density at radius 3 is 1.58 bits per heavy atom. The number of imide groups is 1. The molecule has 33 heavy (non-hydrogen) atoms. The molecule has 3 aromatic carbocycles. The molecule has 2 N–H and O–H groups in total. The first kappa shape index (κ1) is 24.1. The Morgan fingerprint density at radius 2 is 1.15 bits per heavy atom. The third kappa shape index (κ3) is 6.69. The van der Waals surface area contributed by atoms with Gasteiger partial charge in [0.1, 0.15) is 0 Å². The number of para-hydroxylation sites is 1. The standard InChI is InChI=1S/C28H33N3O2/c1-20(2)24-16-11-17-25(21(3)4)26(24)29-27(32)30-28(33)31(18-22-12-7-5-8-13-22)19-23-14-9-6-10-15-23/h5-17,20-21H,18-19H2,1-4H3,(H2,29,30,32,33). The van der Waals surface area contributed by atoms with E-state index in [1.165, 1.54) is 0 Å². The van der Waals surface area contributed by atoms with Gasteiger partial charge in [-0.05, 0) is 34.1 Å². The first-order valence-corrected chi connectivity index (χ1v) is 11.4. The lowest BCUT2D eigenvalue weighted by Crippen LogP contribution is -2.44. The summed E-state index contributed by atoms with van der Waals surface area (Å²) in [6.07, 6.45) is 0. The topological polar surface area (TPSA) is 61.4 Å². The molecule has 0 fully saturated rings. The van der Waals surface area contributed by atoms with Gasteiger partial charge in [-0.2, -0.15) is 0 Å². The highest BCUT2D eigenvalue weighted by Crippen LogP contribution is 2.32. The summed E-state index contributed by atoms with van der Waals surface area (Å²) < 4.78 is 0. The van der Waals surface area contributed by atoms with E-state index < -0.39 is 12.1 Å². The first-order valence-electron chi connectivity index (χ1n) is 11.4. The third-order valence-corrected chi connectivity index (χ3v) is 5.55. The van der Waals surface area contributed by atoms with Gasteiger partial charge in [-0.3, -0.25) is 5.32 Å². The maximum atomic E-state index is 13.1. The fourth-order valence-electron chi connectivity index (χ4n) is 3.82. The van der Waals surface area contributed by atoms with Crippen molar-refractivity contribution in [3.05, 3.63) is 101 Å². The second kappa shape index (κ2) is 11.3. The molecule has 0 saturated carbocycles. The quantitative estimate of drug-likeness (QED) is 0.418. The minimum Gasteiger partial charge on any atom is -0.316 e. The minimum absolute atomic E-state index is 0.238. The van der Waals surface area contributed by atoms with Gasteiger partial charge in [0.15, 0.2) is 0 Å². The highest BCUT2D eigenvalue weighted by molar-refractivity contribution is 6.01. The summed E-state index contributed by atoms with van der Waals surface area (Å²) in [4.78, 5) is 27.7. The molecule has 0 heterocycles. The summed E-state index contributed by atoms with van der Waals surface area (Å²) in [6.45, 7) is 9.16. The molecule has 0 unspecified atom stereocenters. The Hall–Kier alpha value is -3.60. The average Bonchev–Trinajstić information content (AvgIpc) is 2.79. The van der Waals surface area contributed by atoms with Crippen LogP contribution in [-0.2, 0) is 13.1 Å². The second-order valence-electron chi connectivity index (χ2n) is 8.83. The lowest BCUT2D eigenvalue weighted by molar-refractivity contribution is 0.192. The van der Waals surface area contributed by atoms with Crippen molar-refractivity contribution in [2.24, 2.45) is 0 Å². The molecule has 0 aliphatic heterocycles. The van der Waals surface area contributed by atoms with E-state index in [9.17, 15) is 9.59 Å². The zero-order valence-electron chi connectivity index (χ0n) is 19.8. The van der Waals surface area contributed by atoms with Crippen LogP contribution in [0.15, 0.2) is 78.9 Å². The molecule has 3 aromatic rings. The van der Waals surface area contributed by atoms with E-state index in [1.54, 1.807) is 4.90 Å². The van der Waals surface area contributed by atoms with Crippen molar-refractivity contribution in [2.45, 2.75) is 52.6 Å². The van der Waals surface area contributed by atoms with Gasteiger partial charge in [0.25, 0.3) is 0 Å². The molecule has 0 spiro atoms. The van der Waals surface area contributed by atoms with Gasteiger partial charge < -0.3 is 10.2 Å². The van der Waals surface area contributed by atoms with Crippen LogP contribution in [0.1, 0.15) is 61.8 Å². The number of benzene rings is 3. The van der Waals surface area contributed by atoms with Crippen LogP contribution in [0.2, 0.25) is 0 Å². The molecular weight excluding hydrogens is 410 g/mol. The van der Waals surface area contributed by atoms with Crippen LogP contribution in [0.5, 0.6) is 0 Å². The van der Waals surface area contributed by atoms with Gasteiger partial charge in [-0.25, -0.2) is 9.59 Å². The number of nitrogens with one attached hydrogen (secondary N) is 2. The van der Waals surface area contributed by atoms with Gasteiger partial charge in [-0.1, -0.05) is 107 Å². The predicted molar refractivity (Wildman–Crippen MR) is 134 cm³/mol. The molecule has 0 aliphatic rings. The zero-order valence-corrected chi connectivity index (χ0v) is 19.8.